The zero-order valence-electron chi connectivity index (χ0n) is 10.9. The van der Waals surface area contributed by atoms with Crippen LogP contribution in [0.1, 0.15) is 44.0 Å². The normalized spacial score (nSPS) is 14.0. The van der Waals surface area contributed by atoms with E-state index in [1.165, 1.54) is 17.6 Å². The molecule has 96 valence electrons. The fourth-order valence-corrected chi connectivity index (χ4v) is 1.91. The molecular formula is C13H21NO3. The molecule has 1 aromatic heterocycles. The summed E-state index contributed by atoms with van der Waals surface area (Å²) in [5.41, 5.74) is 0.294. The first-order chi connectivity index (χ1) is 7.83. The number of hydrogen-bond donors (Lipinski definition) is 1. The van der Waals surface area contributed by atoms with Gasteiger partial charge in [0.1, 0.15) is 6.26 Å². The molecular weight excluding hydrogens is 218 g/mol. The van der Waals surface area contributed by atoms with Crippen LogP contribution < -0.4 is 0 Å². The molecule has 1 aromatic rings. The van der Waals surface area contributed by atoms with E-state index in [9.17, 15) is 10.0 Å². The highest BCUT2D eigenvalue weighted by atomic mass is 16.5. The minimum atomic E-state index is -0.323. The molecule has 1 rings (SSSR count). The molecule has 0 fully saturated rings. The number of furan rings is 1. The van der Waals surface area contributed by atoms with Crippen molar-refractivity contribution < 1.29 is 14.4 Å². The average molecular weight is 239 g/mol. The Bertz CT molecular complexity index is 355. The van der Waals surface area contributed by atoms with E-state index < -0.39 is 0 Å². The van der Waals surface area contributed by atoms with Gasteiger partial charge in [-0.1, -0.05) is 6.92 Å². The predicted molar refractivity (Wildman–Crippen MR) is 65.1 cm³/mol. The van der Waals surface area contributed by atoms with Gasteiger partial charge in [0.25, 0.3) is 0 Å². The van der Waals surface area contributed by atoms with Crippen LogP contribution in [0.5, 0.6) is 0 Å². The fraction of sp³-hybridized carbons (Fsp3) is 0.615. The molecule has 0 saturated carbocycles. The number of carbonyl (C=O) groups excluding carboxylic acids is 1. The van der Waals surface area contributed by atoms with Gasteiger partial charge in [0.05, 0.1) is 11.8 Å². The summed E-state index contributed by atoms with van der Waals surface area (Å²) in [5.74, 6) is 0.296. The smallest absolute Gasteiger partial charge is 0.166 e. The summed E-state index contributed by atoms with van der Waals surface area (Å²) in [6, 6.07) is 1.68. The number of hydroxylamine groups is 2. The van der Waals surface area contributed by atoms with Gasteiger partial charge in [0.2, 0.25) is 0 Å². The largest absolute Gasteiger partial charge is 0.472 e. The first kappa shape index (κ1) is 13.9. The molecule has 0 spiro atoms. The van der Waals surface area contributed by atoms with Gasteiger partial charge in [0.15, 0.2) is 5.78 Å². The lowest BCUT2D eigenvalue weighted by Gasteiger charge is -2.32. The summed E-state index contributed by atoms with van der Waals surface area (Å²) >= 11 is 0. The van der Waals surface area contributed by atoms with Crippen molar-refractivity contribution in [2.75, 3.05) is 7.05 Å². The molecule has 0 aliphatic heterocycles. The standard InChI is InChI=1S/C13H21NO3/c1-10(8-13(2,3)14(4)16)7-12(15)11-5-6-17-9-11/h5-6,9-10,16H,7-8H2,1-4H3. The maximum absolute atomic E-state index is 11.8. The first-order valence-corrected chi connectivity index (χ1v) is 5.81. The van der Waals surface area contributed by atoms with Crippen LogP contribution >= 0.6 is 0 Å². The van der Waals surface area contributed by atoms with E-state index in [4.69, 9.17) is 4.42 Å². The summed E-state index contributed by atoms with van der Waals surface area (Å²) in [6.45, 7) is 5.92. The number of carbonyl (C=O) groups is 1. The van der Waals surface area contributed by atoms with Crippen LogP contribution in [0.15, 0.2) is 23.0 Å². The number of rotatable bonds is 6. The van der Waals surface area contributed by atoms with E-state index in [-0.39, 0.29) is 17.2 Å². The molecule has 0 bridgehead atoms. The van der Waals surface area contributed by atoms with Gasteiger partial charge < -0.3 is 9.62 Å². The first-order valence-electron chi connectivity index (χ1n) is 5.81. The molecule has 0 aliphatic carbocycles. The van der Waals surface area contributed by atoms with Crippen molar-refractivity contribution in [2.45, 2.75) is 39.2 Å². The Labute approximate surface area is 102 Å². The van der Waals surface area contributed by atoms with Gasteiger partial charge in [-0.15, -0.1) is 0 Å². The molecule has 1 N–H and O–H groups in total. The Kier molecular flexibility index (Phi) is 4.48. The fourth-order valence-electron chi connectivity index (χ4n) is 1.91. The summed E-state index contributed by atoms with van der Waals surface area (Å²) in [5, 5.41) is 10.7. The number of Topliss-reactive ketones (excluding diaryl/α,β-unsaturated/α-hetero) is 1. The van der Waals surface area contributed by atoms with E-state index in [0.717, 1.165) is 6.42 Å². The molecule has 1 atom stereocenters. The zero-order chi connectivity index (χ0) is 13.1. The molecule has 0 amide bonds. The van der Waals surface area contributed by atoms with Crippen molar-refractivity contribution in [1.82, 2.24) is 5.06 Å². The molecule has 1 heterocycles. The highest BCUT2D eigenvalue weighted by Gasteiger charge is 2.26. The average Bonchev–Trinajstić information content (AvgIpc) is 2.68. The summed E-state index contributed by atoms with van der Waals surface area (Å²) in [7, 11) is 1.63. The van der Waals surface area contributed by atoms with Crippen molar-refractivity contribution in [1.29, 1.82) is 0 Å². The molecule has 0 saturated heterocycles. The summed E-state index contributed by atoms with van der Waals surface area (Å²) in [6.07, 6.45) is 4.20. The Hall–Kier alpha value is -1.13. The van der Waals surface area contributed by atoms with Crippen LogP contribution in [0.2, 0.25) is 0 Å². The van der Waals surface area contributed by atoms with Crippen LogP contribution in [-0.4, -0.2) is 28.6 Å². The molecule has 0 aromatic carbocycles. The second kappa shape index (κ2) is 5.47. The van der Waals surface area contributed by atoms with Crippen molar-refractivity contribution in [3.05, 3.63) is 24.2 Å². The Morgan fingerprint density at radius 2 is 2.24 bits per heavy atom. The van der Waals surface area contributed by atoms with Gasteiger partial charge >= 0.3 is 0 Å². The Balaban J connectivity index is 2.50. The highest BCUT2D eigenvalue weighted by molar-refractivity contribution is 5.95. The quantitative estimate of drug-likeness (QED) is 0.612. The third kappa shape index (κ3) is 3.98. The van der Waals surface area contributed by atoms with Gasteiger partial charge in [-0.25, -0.2) is 0 Å². The molecule has 4 heteroatoms. The van der Waals surface area contributed by atoms with Gasteiger partial charge in [0, 0.05) is 19.0 Å². The highest BCUT2D eigenvalue weighted by Crippen LogP contribution is 2.24. The van der Waals surface area contributed by atoms with E-state index in [1.807, 2.05) is 20.8 Å². The van der Waals surface area contributed by atoms with E-state index in [1.54, 1.807) is 13.1 Å². The zero-order valence-corrected chi connectivity index (χ0v) is 10.9. The van der Waals surface area contributed by atoms with Gasteiger partial charge in [-0.2, -0.15) is 5.06 Å². The summed E-state index contributed by atoms with van der Waals surface area (Å²) < 4.78 is 4.89. The second-order valence-electron chi connectivity index (χ2n) is 5.28. The van der Waals surface area contributed by atoms with Gasteiger partial charge in [-0.05, 0) is 32.3 Å². The Morgan fingerprint density at radius 3 is 2.71 bits per heavy atom. The van der Waals surface area contributed by atoms with Crippen LogP contribution in [0.4, 0.5) is 0 Å². The molecule has 4 nitrogen and oxygen atoms in total. The lowest BCUT2D eigenvalue weighted by molar-refractivity contribution is -0.145. The number of ketones is 1. The minimum Gasteiger partial charge on any atom is -0.472 e. The topological polar surface area (TPSA) is 53.7 Å². The van der Waals surface area contributed by atoms with Crippen LogP contribution in [0, 0.1) is 5.92 Å². The maximum atomic E-state index is 11.8. The van der Waals surface area contributed by atoms with Crippen molar-refractivity contribution in [3.8, 4) is 0 Å². The molecule has 0 radical (unpaired) electrons. The minimum absolute atomic E-state index is 0.0858. The van der Waals surface area contributed by atoms with Crippen LogP contribution in [-0.2, 0) is 0 Å². The van der Waals surface area contributed by atoms with Crippen molar-refractivity contribution in [3.63, 3.8) is 0 Å². The SMILES string of the molecule is CC(CC(=O)c1ccoc1)CC(C)(C)N(C)O. The number of hydrogen-bond acceptors (Lipinski definition) is 4. The third-order valence-corrected chi connectivity index (χ3v) is 3.10. The van der Waals surface area contributed by atoms with Gasteiger partial charge in [-0.3, -0.25) is 4.79 Å². The Morgan fingerprint density at radius 1 is 1.59 bits per heavy atom. The van der Waals surface area contributed by atoms with Crippen molar-refractivity contribution in [2.24, 2.45) is 5.92 Å². The predicted octanol–water partition coefficient (Wildman–Crippen LogP) is 2.98. The van der Waals surface area contributed by atoms with Crippen LogP contribution in [0.25, 0.3) is 0 Å². The molecule has 17 heavy (non-hydrogen) atoms. The van der Waals surface area contributed by atoms with E-state index in [2.05, 4.69) is 0 Å². The lowest BCUT2D eigenvalue weighted by atomic mass is 9.88. The van der Waals surface area contributed by atoms with E-state index >= 15 is 0 Å². The van der Waals surface area contributed by atoms with Crippen LogP contribution in [0.3, 0.4) is 0 Å². The lowest BCUT2D eigenvalue weighted by Crippen LogP contribution is -2.40. The monoisotopic (exact) mass is 239 g/mol. The molecule has 0 aliphatic rings. The third-order valence-electron chi connectivity index (χ3n) is 3.10. The van der Waals surface area contributed by atoms with Crippen molar-refractivity contribution >= 4 is 5.78 Å². The number of nitrogens with zero attached hydrogens (tertiary/aromatic N) is 1. The molecule has 1 unspecified atom stereocenters. The second-order valence-corrected chi connectivity index (χ2v) is 5.28. The summed E-state index contributed by atoms with van der Waals surface area (Å²) in [4.78, 5) is 11.8. The van der Waals surface area contributed by atoms with E-state index in [0.29, 0.717) is 12.0 Å². The maximum Gasteiger partial charge on any atom is 0.166 e.